The van der Waals surface area contributed by atoms with E-state index < -0.39 is 0 Å². The summed E-state index contributed by atoms with van der Waals surface area (Å²) in [5, 5.41) is 4.27. The summed E-state index contributed by atoms with van der Waals surface area (Å²) < 4.78 is 1.83. The van der Waals surface area contributed by atoms with Gasteiger partial charge in [-0.2, -0.15) is 5.10 Å². The molecular weight excluding hydrogens is 250 g/mol. The van der Waals surface area contributed by atoms with Crippen LogP contribution in [0.1, 0.15) is 63.0 Å². The lowest BCUT2D eigenvalue weighted by molar-refractivity contribution is 0.0654. The average molecular weight is 275 g/mol. The summed E-state index contributed by atoms with van der Waals surface area (Å²) in [6.45, 7) is 8.24. The van der Waals surface area contributed by atoms with Gasteiger partial charge in [0.25, 0.3) is 5.91 Å². The molecule has 2 aliphatic rings. The minimum absolute atomic E-state index is 0.153. The minimum atomic E-state index is 0.153. The Morgan fingerprint density at radius 2 is 2.15 bits per heavy atom. The van der Waals surface area contributed by atoms with Crippen molar-refractivity contribution in [1.82, 2.24) is 14.7 Å². The van der Waals surface area contributed by atoms with Crippen molar-refractivity contribution in [2.24, 2.45) is 11.3 Å². The highest BCUT2D eigenvalue weighted by Crippen LogP contribution is 2.60. The number of rotatable bonds is 3. The van der Waals surface area contributed by atoms with Gasteiger partial charge in [-0.15, -0.1) is 0 Å². The number of nitrogens with zero attached hydrogens (tertiary/aromatic N) is 3. The maximum Gasteiger partial charge on any atom is 0.272 e. The van der Waals surface area contributed by atoms with Gasteiger partial charge in [-0.1, -0.05) is 13.3 Å². The molecule has 2 heterocycles. The van der Waals surface area contributed by atoms with Gasteiger partial charge in [0.15, 0.2) is 0 Å². The topological polar surface area (TPSA) is 38.1 Å². The van der Waals surface area contributed by atoms with Gasteiger partial charge in [0.2, 0.25) is 0 Å². The van der Waals surface area contributed by atoms with Crippen molar-refractivity contribution >= 4 is 5.91 Å². The van der Waals surface area contributed by atoms with E-state index in [0.717, 1.165) is 24.7 Å². The molecule has 1 aromatic rings. The first-order valence-electron chi connectivity index (χ1n) is 7.90. The van der Waals surface area contributed by atoms with Crippen LogP contribution in [0.15, 0.2) is 12.3 Å². The van der Waals surface area contributed by atoms with E-state index >= 15 is 0 Å². The molecule has 3 rings (SSSR count). The molecule has 0 radical (unpaired) electrons. The number of amides is 1. The predicted molar refractivity (Wildman–Crippen MR) is 78.6 cm³/mol. The van der Waals surface area contributed by atoms with Crippen LogP contribution >= 0.6 is 0 Å². The van der Waals surface area contributed by atoms with Gasteiger partial charge >= 0.3 is 0 Å². The van der Waals surface area contributed by atoms with Crippen molar-refractivity contribution in [3.05, 3.63) is 18.0 Å². The summed E-state index contributed by atoms with van der Waals surface area (Å²) >= 11 is 0. The highest BCUT2D eigenvalue weighted by molar-refractivity contribution is 5.92. The lowest BCUT2D eigenvalue weighted by Gasteiger charge is -2.33. The predicted octanol–water partition coefficient (Wildman–Crippen LogP) is 3.12. The molecule has 0 aromatic carbocycles. The van der Waals surface area contributed by atoms with Crippen molar-refractivity contribution in [1.29, 1.82) is 0 Å². The highest BCUT2D eigenvalue weighted by Gasteiger charge is 2.53. The van der Waals surface area contributed by atoms with Gasteiger partial charge < -0.3 is 4.90 Å². The first kappa shape index (κ1) is 13.7. The van der Waals surface area contributed by atoms with Gasteiger partial charge in [0.05, 0.1) is 0 Å². The molecule has 1 saturated heterocycles. The summed E-state index contributed by atoms with van der Waals surface area (Å²) in [6.07, 6.45) is 6.79. The van der Waals surface area contributed by atoms with Crippen LogP contribution in [-0.2, 0) is 0 Å². The van der Waals surface area contributed by atoms with E-state index in [1.165, 1.54) is 25.7 Å². The third-order valence-corrected chi connectivity index (χ3v) is 5.28. The molecule has 1 spiro atoms. The number of hydrogen-bond donors (Lipinski definition) is 0. The van der Waals surface area contributed by atoms with E-state index in [9.17, 15) is 4.79 Å². The van der Waals surface area contributed by atoms with E-state index in [1.54, 1.807) is 6.20 Å². The SMILES string of the molecule is CCC1CC12CCN(C(=O)c1ccnn1C(C)C)CC2. The van der Waals surface area contributed by atoms with Crippen molar-refractivity contribution in [2.45, 2.75) is 52.5 Å². The molecule has 1 saturated carbocycles. The van der Waals surface area contributed by atoms with Crippen molar-refractivity contribution in [3.8, 4) is 0 Å². The second-order valence-corrected chi connectivity index (χ2v) is 6.72. The number of hydrogen-bond acceptors (Lipinski definition) is 2. The fourth-order valence-corrected chi connectivity index (χ4v) is 3.83. The maximum absolute atomic E-state index is 12.6. The van der Waals surface area contributed by atoms with Crippen LogP contribution in [0.2, 0.25) is 0 Å². The van der Waals surface area contributed by atoms with Crippen molar-refractivity contribution in [2.75, 3.05) is 13.1 Å². The molecule has 1 aliphatic carbocycles. The molecule has 4 nitrogen and oxygen atoms in total. The van der Waals surface area contributed by atoms with E-state index in [4.69, 9.17) is 0 Å². The summed E-state index contributed by atoms with van der Waals surface area (Å²) in [4.78, 5) is 14.7. The first-order valence-corrected chi connectivity index (χ1v) is 7.90. The maximum atomic E-state index is 12.6. The largest absolute Gasteiger partial charge is 0.337 e. The molecule has 1 aromatic heterocycles. The molecule has 0 N–H and O–H groups in total. The summed E-state index contributed by atoms with van der Waals surface area (Å²) in [5.74, 6) is 1.07. The molecular formula is C16H25N3O. The van der Waals surface area contributed by atoms with Crippen molar-refractivity contribution < 1.29 is 4.79 Å². The van der Waals surface area contributed by atoms with Gasteiger partial charge in [-0.05, 0) is 50.5 Å². The third-order valence-electron chi connectivity index (χ3n) is 5.28. The number of piperidine rings is 1. The molecule has 1 aliphatic heterocycles. The lowest BCUT2D eigenvalue weighted by atomic mass is 9.90. The van der Waals surface area contributed by atoms with Gasteiger partial charge in [0.1, 0.15) is 5.69 Å². The van der Waals surface area contributed by atoms with E-state index in [0.29, 0.717) is 5.41 Å². The van der Waals surface area contributed by atoms with Crippen LogP contribution in [0, 0.1) is 11.3 Å². The zero-order chi connectivity index (χ0) is 14.3. The zero-order valence-electron chi connectivity index (χ0n) is 12.8. The average Bonchev–Trinajstić information content (AvgIpc) is 2.90. The fourth-order valence-electron chi connectivity index (χ4n) is 3.83. The minimum Gasteiger partial charge on any atom is -0.337 e. The standard InChI is InChI=1S/C16H25N3O/c1-4-13-11-16(13)6-9-18(10-7-16)15(20)14-5-8-17-19(14)12(2)3/h5,8,12-13H,4,6-7,9-11H2,1-3H3. The molecule has 1 unspecified atom stereocenters. The van der Waals surface area contributed by atoms with Gasteiger partial charge in [-0.3, -0.25) is 9.48 Å². The molecule has 1 atom stereocenters. The second-order valence-electron chi connectivity index (χ2n) is 6.72. The Hall–Kier alpha value is -1.32. The van der Waals surface area contributed by atoms with Crippen LogP contribution in [0.25, 0.3) is 0 Å². The molecule has 2 fully saturated rings. The van der Waals surface area contributed by atoms with Crippen LogP contribution in [0.4, 0.5) is 0 Å². The molecule has 1 amide bonds. The monoisotopic (exact) mass is 275 g/mol. The van der Waals surface area contributed by atoms with E-state index in [2.05, 4.69) is 25.9 Å². The number of carbonyl (C=O) groups is 1. The Morgan fingerprint density at radius 3 is 2.70 bits per heavy atom. The fraction of sp³-hybridized carbons (Fsp3) is 0.750. The normalized spacial score (nSPS) is 24.4. The van der Waals surface area contributed by atoms with Gasteiger partial charge in [0, 0.05) is 25.3 Å². The molecule has 110 valence electrons. The van der Waals surface area contributed by atoms with Crippen LogP contribution in [0.5, 0.6) is 0 Å². The smallest absolute Gasteiger partial charge is 0.272 e. The first-order chi connectivity index (χ1) is 9.57. The van der Waals surface area contributed by atoms with Crippen LogP contribution < -0.4 is 0 Å². The zero-order valence-corrected chi connectivity index (χ0v) is 12.8. The Labute approximate surface area is 121 Å². The van der Waals surface area contributed by atoms with Crippen LogP contribution in [-0.4, -0.2) is 33.7 Å². The number of likely N-dealkylation sites (tertiary alicyclic amines) is 1. The third kappa shape index (κ3) is 2.15. The summed E-state index contributed by atoms with van der Waals surface area (Å²) in [5.41, 5.74) is 1.32. The van der Waals surface area contributed by atoms with E-state index in [1.807, 2.05) is 15.6 Å². The molecule has 20 heavy (non-hydrogen) atoms. The van der Waals surface area contributed by atoms with Crippen LogP contribution in [0.3, 0.4) is 0 Å². The number of aromatic nitrogens is 2. The molecule has 0 bridgehead atoms. The lowest BCUT2D eigenvalue weighted by Crippen LogP contribution is -2.40. The summed E-state index contributed by atoms with van der Waals surface area (Å²) in [7, 11) is 0. The van der Waals surface area contributed by atoms with Crippen molar-refractivity contribution in [3.63, 3.8) is 0 Å². The Bertz CT molecular complexity index is 498. The number of carbonyl (C=O) groups excluding carboxylic acids is 1. The highest BCUT2D eigenvalue weighted by atomic mass is 16.2. The second kappa shape index (κ2) is 4.90. The quantitative estimate of drug-likeness (QED) is 0.850. The molecule has 4 heteroatoms. The van der Waals surface area contributed by atoms with Gasteiger partial charge in [-0.25, -0.2) is 0 Å². The Kier molecular flexibility index (Phi) is 3.35. The Morgan fingerprint density at radius 1 is 1.45 bits per heavy atom. The Balaban J connectivity index is 1.66. The summed E-state index contributed by atoms with van der Waals surface area (Å²) in [6, 6.07) is 2.08. The van der Waals surface area contributed by atoms with E-state index in [-0.39, 0.29) is 11.9 Å².